The van der Waals surface area contributed by atoms with Crippen LogP contribution in [-0.2, 0) is 0 Å². The highest BCUT2D eigenvalue weighted by Crippen LogP contribution is 2.38. The van der Waals surface area contributed by atoms with Crippen LogP contribution in [0.1, 0.15) is 34.9 Å². The second-order valence-corrected chi connectivity index (χ2v) is 7.03. The van der Waals surface area contributed by atoms with Gasteiger partial charge in [0, 0.05) is 22.7 Å². The van der Waals surface area contributed by atoms with Crippen LogP contribution in [0.15, 0.2) is 54.7 Å². The van der Waals surface area contributed by atoms with Crippen molar-refractivity contribution in [3.05, 3.63) is 71.0 Å². The summed E-state index contributed by atoms with van der Waals surface area (Å²) in [5.74, 6) is 0.806. The van der Waals surface area contributed by atoms with Crippen molar-refractivity contribution in [2.75, 3.05) is 13.7 Å². The Labute approximate surface area is 162 Å². The van der Waals surface area contributed by atoms with E-state index in [1.54, 1.807) is 31.4 Å². The predicted molar refractivity (Wildman–Crippen MR) is 105 cm³/mol. The third-order valence-corrected chi connectivity index (χ3v) is 5.24. The molecule has 0 radical (unpaired) electrons. The Hall–Kier alpha value is -2.79. The monoisotopic (exact) mass is 381 g/mol. The van der Waals surface area contributed by atoms with Crippen LogP contribution in [0, 0.1) is 0 Å². The van der Waals surface area contributed by atoms with Gasteiger partial charge in [0.15, 0.2) is 0 Å². The second kappa shape index (κ2) is 7.45. The number of nitrogens with zero attached hydrogens (tertiary/aromatic N) is 2. The summed E-state index contributed by atoms with van der Waals surface area (Å²) >= 11 is 5.95. The number of carbonyl (C=O) groups excluding carboxylic acids is 1. The smallest absolute Gasteiger partial charge is 0.254 e. The van der Waals surface area contributed by atoms with Crippen LogP contribution < -0.4 is 4.74 Å². The summed E-state index contributed by atoms with van der Waals surface area (Å²) in [5, 5.41) is 8.00. The number of carbonyl (C=O) groups is 1. The normalized spacial score (nSPS) is 16.5. The molecule has 2 heterocycles. The number of aromatic nitrogens is 2. The lowest BCUT2D eigenvalue weighted by Crippen LogP contribution is -2.31. The maximum Gasteiger partial charge on any atom is 0.254 e. The Morgan fingerprint density at radius 1 is 1.26 bits per heavy atom. The van der Waals surface area contributed by atoms with Gasteiger partial charge in [0.2, 0.25) is 0 Å². The summed E-state index contributed by atoms with van der Waals surface area (Å²) in [4.78, 5) is 15.0. The van der Waals surface area contributed by atoms with Gasteiger partial charge in [-0.25, -0.2) is 0 Å². The molecule has 5 nitrogen and oxygen atoms in total. The van der Waals surface area contributed by atoms with Crippen molar-refractivity contribution in [1.82, 2.24) is 15.1 Å². The van der Waals surface area contributed by atoms with Gasteiger partial charge in [-0.3, -0.25) is 9.89 Å². The highest BCUT2D eigenvalue weighted by atomic mass is 35.5. The fraction of sp³-hybridized carbons (Fsp3) is 0.238. The summed E-state index contributed by atoms with van der Waals surface area (Å²) < 4.78 is 5.34. The molecule has 1 aromatic heterocycles. The Kier molecular flexibility index (Phi) is 4.86. The molecule has 1 saturated heterocycles. The lowest BCUT2D eigenvalue weighted by atomic mass is 10.0. The highest BCUT2D eigenvalue weighted by molar-refractivity contribution is 6.30. The molecule has 27 heavy (non-hydrogen) atoms. The molecule has 0 unspecified atom stereocenters. The minimum Gasteiger partial charge on any atom is -0.497 e. The molecule has 0 spiro atoms. The zero-order valence-corrected chi connectivity index (χ0v) is 15.7. The third-order valence-electron chi connectivity index (χ3n) is 4.99. The van der Waals surface area contributed by atoms with Crippen LogP contribution in [0.25, 0.3) is 11.1 Å². The summed E-state index contributed by atoms with van der Waals surface area (Å²) in [7, 11) is 1.65. The highest BCUT2D eigenvalue weighted by Gasteiger charge is 2.33. The number of aromatic amines is 1. The molecule has 6 heteroatoms. The number of ether oxygens (including phenoxy) is 1. The van der Waals surface area contributed by atoms with E-state index < -0.39 is 0 Å². The lowest BCUT2D eigenvalue weighted by molar-refractivity contribution is 0.0733. The van der Waals surface area contributed by atoms with E-state index in [1.807, 2.05) is 35.4 Å². The molecule has 1 amide bonds. The van der Waals surface area contributed by atoms with Crippen LogP contribution in [0.2, 0.25) is 5.02 Å². The molecule has 138 valence electrons. The van der Waals surface area contributed by atoms with Gasteiger partial charge in [-0.2, -0.15) is 5.10 Å². The van der Waals surface area contributed by atoms with Crippen LogP contribution in [0.5, 0.6) is 5.75 Å². The number of nitrogens with one attached hydrogen (secondary N) is 1. The predicted octanol–water partition coefficient (Wildman–Crippen LogP) is 4.72. The van der Waals surface area contributed by atoms with Crippen molar-refractivity contribution < 1.29 is 9.53 Å². The SMILES string of the molecule is COc1cccc(-c2cn[nH]c2[C@@H]2CCCN2C(=O)c2ccc(Cl)cc2)c1. The van der Waals surface area contributed by atoms with Gasteiger partial charge in [0.25, 0.3) is 5.91 Å². The summed E-state index contributed by atoms with van der Waals surface area (Å²) in [6.07, 6.45) is 3.67. The van der Waals surface area contributed by atoms with Gasteiger partial charge in [0.05, 0.1) is 25.0 Å². The van der Waals surface area contributed by atoms with E-state index in [9.17, 15) is 4.79 Å². The maximum atomic E-state index is 13.0. The van der Waals surface area contributed by atoms with Crippen molar-refractivity contribution in [3.8, 4) is 16.9 Å². The number of rotatable bonds is 4. The number of hydrogen-bond acceptors (Lipinski definition) is 3. The van der Waals surface area contributed by atoms with E-state index in [-0.39, 0.29) is 11.9 Å². The first-order valence-electron chi connectivity index (χ1n) is 8.91. The molecule has 4 rings (SSSR count). The molecule has 0 aliphatic carbocycles. The van der Waals surface area contributed by atoms with Crippen LogP contribution in [-0.4, -0.2) is 34.7 Å². The fourth-order valence-electron chi connectivity index (χ4n) is 3.64. The van der Waals surface area contributed by atoms with E-state index in [1.165, 1.54) is 0 Å². The largest absolute Gasteiger partial charge is 0.497 e. The molecule has 1 aliphatic rings. The van der Waals surface area contributed by atoms with Crippen molar-refractivity contribution in [2.24, 2.45) is 0 Å². The maximum absolute atomic E-state index is 13.0. The number of likely N-dealkylation sites (tertiary alicyclic amines) is 1. The molecule has 1 atom stereocenters. The molecule has 3 aromatic rings. The Morgan fingerprint density at radius 3 is 2.85 bits per heavy atom. The molecule has 2 aromatic carbocycles. The van der Waals surface area contributed by atoms with Crippen molar-refractivity contribution >= 4 is 17.5 Å². The van der Waals surface area contributed by atoms with Gasteiger partial charge < -0.3 is 9.64 Å². The van der Waals surface area contributed by atoms with E-state index >= 15 is 0 Å². The zero-order valence-electron chi connectivity index (χ0n) is 15.0. The molecule has 1 aliphatic heterocycles. The number of hydrogen-bond donors (Lipinski definition) is 1. The molecule has 0 bridgehead atoms. The van der Waals surface area contributed by atoms with Crippen molar-refractivity contribution in [2.45, 2.75) is 18.9 Å². The van der Waals surface area contributed by atoms with Crippen LogP contribution >= 0.6 is 11.6 Å². The van der Waals surface area contributed by atoms with Gasteiger partial charge in [-0.05, 0) is 54.8 Å². The van der Waals surface area contributed by atoms with Gasteiger partial charge >= 0.3 is 0 Å². The number of halogens is 1. The topological polar surface area (TPSA) is 58.2 Å². The molecule has 1 fully saturated rings. The third kappa shape index (κ3) is 3.43. The fourth-order valence-corrected chi connectivity index (χ4v) is 3.76. The summed E-state index contributed by atoms with van der Waals surface area (Å²) in [6.45, 7) is 0.725. The number of amides is 1. The zero-order chi connectivity index (χ0) is 18.8. The van der Waals surface area contributed by atoms with Gasteiger partial charge in [-0.15, -0.1) is 0 Å². The number of methoxy groups -OCH3 is 1. The average molecular weight is 382 g/mol. The van der Waals surface area contributed by atoms with E-state index in [2.05, 4.69) is 10.2 Å². The van der Waals surface area contributed by atoms with Crippen molar-refractivity contribution in [3.63, 3.8) is 0 Å². The first-order valence-corrected chi connectivity index (χ1v) is 9.29. The molecular formula is C21H20ClN3O2. The van der Waals surface area contributed by atoms with Gasteiger partial charge in [0.1, 0.15) is 5.75 Å². The number of H-pyrrole nitrogens is 1. The molecular weight excluding hydrogens is 362 g/mol. The summed E-state index contributed by atoms with van der Waals surface area (Å²) in [5.41, 5.74) is 3.62. The van der Waals surface area contributed by atoms with Crippen LogP contribution in [0.4, 0.5) is 0 Å². The minimum atomic E-state index is -0.0307. The van der Waals surface area contributed by atoms with Crippen molar-refractivity contribution in [1.29, 1.82) is 0 Å². The second-order valence-electron chi connectivity index (χ2n) is 6.59. The summed E-state index contributed by atoms with van der Waals surface area (Å²) in [6, 6.07) is 14.9. The molecule has 1 N–H and O–H groups in total. The van der Waals surface area contributed by atoms with E-state index in [0.29, 0.717) is 10.6 Å². The van der Waals surface area contributed by atoms with Gasteiger partial charge in [-0.1, -0.05) is 23.7 Å². The Morgan fingerprint density at radius 2 is 2.07 bits per heavy atom. The Balaban J connectivity index is 1.66. The standard InChI is InChI=1S/C21H20ClN3O2/c1-27-17-5-2-4-15(12-17)18-13-23-24-20(18)19-6-3-11-25(19)21(26)14-7-9-16(22)10-8-14/h2,4-5,7-10,12-13,19H,3,6,11H2,1H3,(H,23,24)/t19-/m0/s1. The first kappa shape index (κ1) is 17.6. The van der Waals surface area contributed by atoms with E-state index in [4.69, 9.17) is 16.3 Å². The quantitative estimate of drug-likeness (QED) is 0.711. The average Bonchev–Trinajstić information content (AvgIpc) is 3.37. The molecule has 0 saturated carbocycles. The number of benzene rings is 2. The lowest BCUT2D eigenvalue weighted by Gasteiger charge is -2.25. The van der Waals surface area contributed by atoms with E-state index in [0.717, 1.165) is 42.0 Å². The minimum absolute atomic E-state index is 0.0142. The first-order chi connectivity index (χ1) is 13.2. The Bertz CT molecular complexity index is 952. The van der Waals surface area contributed by atoms with Crippen LogP contribution in [0.3, 0.4) is 0 Å².